The van der Waals surface area contributed by atoms with E-state index in [1.54, 1.807) is 53.4 Å². The summed E-state index contributed by atoms with van der Waals surface area (Å²) in [5.41, 5.74) is 1.78. The van der Waals surface area contributed by atoms with Gasteiger partial charge in [0.25, 0.3) is 0 Å². The lowest BCUT2D eigenvalue weighted by molar-refractivity contribution is -0.117. The van der Waals surface area contributed by atoms with Crippen molar-refractivity contribution in [2.24, 2.45) is 5.92 Å². The van der Waals surface area contributed by atoms with E-state index in [9.17, 15) is 13.2 Å². The standard InChI is InChI=1S/C18H19ClN2O3S/c1-13-2-8-17(9-3-13)25(23,24)20-11-14-10-18(22)21(12-14)16-6-4-15(19)5-7-16/h2-9,14,20H,10-12H2,1H3/t14-/m0/s1. The minimum Gasteiger partial charge on any atom is -0.312 e. The lowest BCUT2D eigenvalue weighted by Crippen LogP contribution is -2.31. The van der Waals surface area contributed by atoms with Crippen LogP contribution in [0.4, 0.5) is 5.69 Å². The van der Waals surface area contributed by atoms with Crippen molar-refractivity contribution in [1.82, 2.24) is 4.72 Å². The molecular weight excluding hydrogens is 360 g/mol. The molecule has 132 valence electrons. The van der Waals surface area contributed by atoms with Crippen LogP contribution in [0.5, 0.6) is 0 Å². The monoisotopic (exact) mass is 378 g/mol. The third-order valence-corrected chi connectivity index (χ3v) is 5.93. The van der Waals surface area contributed by atoms with Gasteiger partial charge in [0.15, 0.2) is 0 Å². The summed E-state index contributed by atoms with van der Waals surface area (Å²) in [7, 11) is -3.57. The topological polar surface area (TPSA) is 66.5 Å². The fraction of sp³-hybridized carbons (Fsp3) is 0.278. The average Bonchev–Trinajstić information content (AvgIpc) is 2.95. The van der Waals surface area contributed by atoms with Crippen molar-refractivity contribution in [2.75, 3.05) is 18.0 Å². The fourth-order valence-corrected chi connectivity index (χ4v) is 4.06. The molecule has 2 aromatic carbocycles. The molecule has 7 heteroatoms. The molecule has 1 N–H and O–H groups in total. The molecular formula is C18H19ClN2O3S. The van der Waals surface area contributed by atoms with Crippen LogP contribution in [-0.4, -0.2) is 27.4 Å². The van der Waals surface area contributed by atoms with Crippen molar-refractivity contribution in [2.45, 2.75) is 18.2 Å². The van der Waals surface area contributed by atoms with E-state index in [1.807, 2.05) is 6.92 Å². The van der Waals surface area contributed by atoms with Crippen LogP contribution in [0.1, 0.15) is 12.0 Å². The zero-order chi connectivity index (χ0) is 18.0. The van der Waals surface area contributed by atoms with E-state index in [0.29, 0.717) is 18.0 Å². The molecule has 0 spiro atoms. The Hall–Kier alpha value is -1.89. The summed E-state index contributed by atoms with van der Waals surface area (Å²) in [5.74, 6) is -0.0785. The highest BCUT2D eigenvalue weighted by atomic mass is 35.5. The highest BCUT2D eigenvalue weighted by Crippen LogP contribution is 2.26. The number of benzene rings is 2. The van der Waals surface area contributed by atoms with E-state index in [1.165, 1.54) is 0 Å². The van der Waals surface area contributed by atoms with E-state index in [0.717, 1.165) is 11.3 Å². The Labute approximate surface area is 152 Å². The zero-order valence-corrected chi connectivity index (χ0v) is 15.3. The molecule has 1 aliphatic heterocycles. The first kappa shape index (κ1) is 17.9. The molecule has 1 atom stereocenters. The van der Waals surface area contributed by atoms with Gasteiger partial charge in [-0.15, -0.1) is 0 Å². The first-order valence-corrected chi connectivity index (χ1v) is 9.83. The molecule has 1 aliphatic rings. The fourth-order valence-electron chi connectivity index (χ4n) is 2.82. The highest BCUT2D eigenvalue weighted by molar-refractivity contribution is 7.89. The summed E-state index contributed by atoms with van der Waals surface area (Å²) in [6.07, 6.45) is 0.318. The van der Waals surface area contributed by atoms with Gasteiger partial charge in [-0.05, 0) is 49.2 Å². The molecule has 2 aromatic rings. The van der Waals surface area contributed by atoms with Gasteiger partial charge in [0.2, 0.25) is 15.9 Å². The Balaban J connectivity index is 1.63. The van der Waals surface area contributed by atoms with Crippen molar-refractivity contribution in [3.05, 3.63) is 59.1 Å². The molecule has 0 saturated carbocycles. The van der Waals surface area contributed by atoms with Crippen LogP contribution in [0.3, 0.4) is 0 Å². The first-order valence-electron chi connectivity index (χ1n) is 7.97. The molecule has 1 amide bonds. The van der Waals surface area contributed by atoms with Crippen LogP contribution < -0.4 is 9.62 Å². The quantitative estimate of drug-likeness (QED) is 0.869. The minimum atomic E-state index is -3.57. The smallest absolute Gasteiger partial charge is 0.240 e. The molecule has 25 heavy (non-hydrogen) atoms. The molecule has 5 nitrogen and oxygen atoms in total. The van der Waals surface area contributed by atoms with Crippen LogP contribution in [0.2, 0.25) is 5.02 Å². The number of aryl methyl sites for hydroxylation is 1. The second kappa shape index (κ2) is 7.15. The Kier molecular flexibility index (Phi) is 5.13. The predicted octanol–water partition coefficient (Wildman–Crippen LogP) is 2.98. The Morgan fingerprint density at radius 2 is 1.76 bits per heavy atom. The Morgan fingerprint density at radius 3 is 2.40 bits per heavy atom. The number of carbonyl (C=O) groups is 1. The Morgan fingerprint density at radius 1 is 1.12 bits per heavy atom. The van der Waals surface area contributed by atoms with Gasteiger partial charge in [0.05, 0.1) is 4.90 Å². The summed E-state index contributed by atoms with van der Waals surface area (Å²) >= 11 is 5.87. The molecule has 3 rings (SSSR count). The van der Waals surface area contributed by atoms with E-state index in [2.05, 4.69) is 4.72 Å². The maximum Gasteiger partial charge on any atom is 0.240 e. The molecule has 0 aromatic heterocycles. The zero-order valence-electron chi connectivity index (χ0n) is 13.8. The average molecular weight is 379 g/mol. The van der Waals surface area contributed by atoms with Crippen LogP contribution in [0.25, 0.3) is 0 Å². The molecule has 0 unspecified atom stereocenters. The predicted molar refractivity (Wildman–Crippen MR) is 98.3 cm³/mol. The molecule has 1 fully saturated rings. The first-order chi connectivity index (χ1) is 11.8. The summed E-state index contributed by atoms with van der Waals surface area (Å²) in [5, 5.41) is 0.609. The van der Waals surface area contributed by atoms with E-state index < -0.39 is 10.0 Å². The van der Waals surface area contributed by atoms with Gasteiger partial charge in [-0.1, -0.05) is 29.3 Å². The van der Waals surface area contributed by atoms with Crippen LogP contribution in [0, 0.1) is 12.8 Å². The van der Waals surface area contributed by atoms with Crippen molar-refractivity contribution in [1.29, 1.82) is 0 Å². The third-order valence-electron chi connectivity index (χ3n) is 4.24. The SMILES string of the molecule is Cc1ccc(S(=O)(=O)NC[C@@H]2CC(=O)N(c3ccc(Cl)cc3)C2)cc1. The minimum absolute atomic E-state index is 0.0122. The largest absolute Gasteiger partial charge is 0.312 e. The maximum atomic E-state index is 12.3. The second-order valence-electron chi connectivity index (χ2n) is 6.22. The third kappa shape index (κ3) is 4.21. The highest BCUT2D eigenvalue weighted by Gasteiger charge is 2.31. The number of amides is 1. The van der Waals surface area contributed by atoms with Crippen molar-refractivity contribution in [3.63, 3.8) is 0 Å². The van der Waals surface area contributed by atoms with Gasteiger partial charge in [-0.25, -0.2) is 13.1 Å². The van der Waals surface area contributed by atoms with Gasteiger partial charge in [0.1, 0.15) is 0 Å². The normalized spacial score (nSPS) is 17.9. The number of carbonyl (C=O) groups excluding carboxylic acids is 1. The number of nitrogens with one attached hydrogen (secondary N) is 1. The number of sulfonamides is 1. The molecule has 1 saturated heterocycles. The molecule has 0 aliphatic carbocycles. The van der Waals surface area contributed by atoms with Crippen LogP contribution in [0.15, 0.2) is 53.4 Å². The van der Waals surface area contributed by atoms with E-state index >= 15 is 0 Å². The van der Waals surface area contributed by atoms with Crippen molar-refractivity contribution in [3.8, 4) is 0 Å². The number of hydrogen-bond acceptors (Lipinski definition) is 3. The van der Waals surface area contributed by atoms with Crippen molar-refractivity contribution < 1.29 is 13.2 Å². The maximum absolute atomic E-state index is 12.3. The van der Waals surface area contributed by atoms with E-state index in [4.69, 9.17) is 11.6 Å². The van der Waals surface area contributed by atoms with Crippen LogP contribution >= 0.6 is 11.6 Å². The van der Waals surface area contributed by atoms with Gasteiger partial charge in [0, 0.05) is 30.2 Å². The second-order valence-corrected chi connectivity index (χ2v) is 8.42. The summed E-state index contributed by atoms with van der Waals surface area (Å²) in [6, 6.07) is 13.7. The van der Waals surface area contributed by atoms with Crippen molar-refractivity contribution >= 4 is 33.2 Å². The molecule has 0 radical (unpaired) electrons. The summed E-state index contributed by atoms with van der Waals surface area (Å²) < 4.78 is 27.3. The van der Waals surface area contributed by atoms with Crippen LogP contribution in [-0.2, 0) is 14.8 Å². The lowest BCUT2D eigenvalue weighted by atomic mass is 10.1. The molecule has 0 bridgehead atoms. The van der Waals surface area contributed by atoms with Gasteiger partial charge < -0.3 is 4.90 Å². The van der Waals surface area contributed by atoms with Gasteiger partial charge >= 0.3 is 0 Å². The van der Waals surface area contributed by atoms with Gasteiger partial charge in [-0.3, -0.25) is 4.79 Å². The number of anilines is 1. The summed E-state index contributed by atoms with van der Waals surface area (Å²) in [4.78, 5) is 14.1. The summed E-state index contributed by atoms with van der Waals surface area (Å²) in [6.45, 7) is 2.61. The number of hydrogen-bond donors (Lipinski definition) is 1. The molecule has 1 heterocycles. The lowest BCUT2D eigenvalue weighted by Gasteiger charge is -2.17. The van der Waals surface area contributed by atoms with E-state index in [-0.39, 0.29) is 23.3 Å². The number of halogens is 1. The Bertz CT molecular complexity index is 864. The van der Waals surface area contributed by atoms with Gasteiger partial charge in [-0.2, -0.15) is 0 Å². The number of nitrogens with zero attached hydrogens (tertiary/aromatic N) is 1. The number of rotatable bonds is 5.